The van der Waals surface area contributed by atoms with Crippen molar-refractivity contribution in [2.24, 2.45) is 0 Å². The summed E-state index contributed by atoms with van der Waals surface area (Å²) in [6, 6.07) is 0. The molecule has 0 aromatic rings. The third-order valence-corrected chi connectivity index (χ3v) is 6.72. The Morgan fingerprint density at radius 2 is 1.24 bits per heavy atom. The summed E-state index contributed by atoms with van der Waals surface area (Å²) in [6.07, 6.45) is -0.814. The first kappa shape index (κ1) is 29.1. The van der Waals surface area contributed by atoms with E-state index in [4.69, 9.17) is 28.0 Å². The van der Waals surface area contributed by atoms with E-state index >= 15 is 0 Å². The standard InChI is InChI=1S/C17H38O10P2/c1-15(2)28(19)26-14-17(18)13-25-10-9-23-6-5-22-7-8-24-11-12-27-29(20,21)16(3)4/h15-18,28H,5-14H2,1-4H3,(H,20,21). The van der Waals surface area contributed by atoms with Gasteiger partial charge in [-0.3, -0.25) is 9.13 Å². The van der Waals surface area contributed by atoms with Gasteiger partial charge in [-0.1, -0.05) is 27.7 Å². The van der Waals surface area contributed by atoms with Crippen LogP contribution in [-0.4, -0.2) is 93.5 Å². The fourth-order valence-electron chi connectivity index (χ4n) is 1.65. The van der Waals surface area contributed by atoms with Crippen LogP contribution in [0.15, 0.2) is 0 Å². The van der Waals surface area contributed by atoms with E-state index in [0.717, 1.165) is 0 Å². The first-order valence-corrected chi connectivity index (χ1v) is 12.8. The monoisotopic (exact) mass is 464 g/mol. The van der Waals surface area contributed by atoms with Gasteiger partial charge in [0.15, 0.2) is 8.03 Å². The molecular weight excluding hydrogens is 426 g/mol. The Bertz CT molecular complexity index is 461. The predicted octanol–water partition coefficient (Wildman–Crippen LogP) is 1.92. The highest BCUT2D eigenvalue weighted by molar-refractivity contribution is 7.53. The van der Waals surface area contributed by atoms with Crippen LogP contribution in [0, 0.1) is 0 Å². The van der Waals surface area contributed by atoms with E-state index in [1.54, 1.807) is 27.7 Å². The Hall–Kier alpha value is 0.140. The molecule has 2 N–H and O–H groups in total. The summed E-state index contributed by atoms with van der Waals surface area (Å²) in [5, 5.41) is 9.64. The maximum atomic E-state index is 11.5. The molecule has 10 nitrogen and oxygen atoms in total. The number of hydrogen-bond acceptors (Lipinski definition) is 9. The van der Waals surface area contributed by atoms with Crippen molar-refractivity contribution in [3.63, 3.8) is 0 Å². The molecule has 0 fully saturated rings. The summed E-state index contributed by atoms with van der Waals surface area (Å²) in [4.78, 5) is 9.46. The fourth-order valence-corrected chi connectivity index (χ4v) is 2.97. The number of hydrogen-bond donors (Lipinski definition) is 2. The Morgan fingerprint density at radius 1 is 0.793 bits per heavy atom. The van der Waals surface area contributed by atoms with Gasteiger partial charge in [-0.05, 0) is 0 Å². The average Bonchev–Trinajstić information content (AvgIpc) is 2.65. The molecule has 3 atom stereocenters. The third-order valence-electron chi connectivity index (χ3n) is 3.47. The topological polar surface area (TPSA) is 130 Å². The summed E-state index contributed by atoms with van der Waals surface area (Å²) < 4.78 is 54.1. The first-order chi connectivity index (χ1) is 13.7. The number of aliphatic hydroxyl groups excluding tert-OH is 1. The van der Waals surface area contributed by atoms with Crippen LogP contribution in [0.2, 0.25) is 0 Å². The number of ether oxygens (including phenoxy) is 4. The molecule has 0 heterocycles. The first-order valence-electron chi connectivity index (χ1n) is 9.79. The molecule has 3 unspecified atom stereocenters. The molecule has 0 aliphatic carbocycles. The molecule has 12 heteroatoms. The zero-order valence-corrected chi connectivity index (χ0v) is 19.8. The predicted molar refractivity (Wildman–Crippen MR) is 110 cm³/mol. The van der Waals surface area contributed by atoms with E-state index in [9.17, 15) is 19.1 Å². The Labute approximate surface area is 174 Å². The zero-order chi connectivity index (χ0) is 22.1. The van der Waals surface area contributed by atoms with Crippen LogP contribution < -0.4 is 0 Å². The maximum absolute atomic E-state index is 11.5. The summed E-state index contributed by atoms with van der Waals surface area (Å²) in [6.45, 7) is 9.46. The Morgan fingerprint density at radius 3 is 1.69 bits per heavy atom. The summed E-state index contributed by atoms with van der Waals surface area (Å²) in [7, 11) is -5.64. The molecule has 0 aliphatic heterocycles. The van der Waals surface area contributed by atoms with Gasteiger partial charge in [-0.15, -0.1) is 0 Å². The van der Waals surface area contributed by atoms with Crippen LogP contribution in [-0.2, 0) is 37.1 Å². The lowest BCUT2D eigenvalue weighted by Crippen LogP contribution is -2.22. The lowest BCUT2D eigenvalue weighted by molar-refractivity contribution is -0.0247. The lowest BCUT2D eigenvalue weighted by Gasteiger charge is -2.15. The second-order valence-corrected chi connectivity index (χ2v) is 11.3. The van der Waals surface area contributed by atoms with Crippen LogP contribution >= 0.6 is 15.6 Å². The minimum absolute atomic E-state index is 0.00406. The van der Waals surface area contributed by atoms with Crippen molar-refractivity contribution in [3.8, 4) is 0 Å². The van der Waals surface area contributed by atoms with Crippen LogP contribution in [0.3, 0.4) is 0 Å². The third kappa shape index (κ3) is 17.5. The van der Waals surface area contributed by atoms with Crippen molar-refractivity contribution in [1.82, 2.24) is 0 Å². The van der Waals surface area contributed by atoms with E-state index in [1.165, 1.54) is 0 Å². The average molecular weight is 464 g/mol. The molecule has 0 saturated heterocycles. The van der Waals surface area contributed by atoms with Gasteiger partial charge in [-0.2, -0.15) is 0 Å². The summed E-state index contributed by atoms with van der Waals surface area (Å²) >= 11 is 0. The molecule has 0 saturated carbocycles. The second kappa shape index (κ2) is 17.8. The minimum atomic E-state index is -3.53. The molecule has 0 bridgehead atoms. The normalized spacial score (nSPS) is 16.3. The minimum Gasteiger partial charge on any atom is -0.388 e. The van der Waals surface area contributed by atoms with Gasteiger partial charge < -0.3 is 38.0 Å². The van der Waals surface area contributed by atoms with Gasteiger partial charge in [0.25, 0.3) is 0 Å². The maximum Gasteiger partial charge on any atom is 0.330 e. The van der Waals surface area contributed by atoms with E-state index < -0.39 is 27.4 Å². The van der Waals surface area contributed by atoms with Crippen LogP contribution in [0.1, 0.15) is 27.7 Å². The van der Waals surface area contributed by atoms with E-state index in [1.807, 2.05) is 0 Å². The van der Waals surface area contributed by atoms with E-state index in [0.29, 0.717) is 39.6 Å². The highest BCUT2D eigenvalue weighted by atomic mass is 31.2. The van der Waals surface area contributed by atoms with Crippen molar-refractivity contribution in [1.29, 1.82) is 0 Å². The number of aliphatic hydroxyl groups is 1. The molecule has 29 heavy (non-hydrogen) atoms. The van der Waals surface area contributed by atoms with E-state index in [2.05, 4.69) is 0 Å². The smallest absolute Gasteiger partial charge is 0.330 e. The quantitative estimate of drug-likeness (QED) is 0.204. The zero-order valence-electron chi connectivity index (χ0n) is 17.9. The highest BCUT2D eigenvalue weighted by Gasteiger charge is 2.23. The van der Waals surface area contributed by atoms with Crippen molar-refractivity contribution >= 4 is 15.6 Å². The van der Waals surface area contributed by atoms with Crippen LogP contribution in [0.25, 0.3) is 0 Å². The largest absolute Gasteiger partial charge is 0.388 e. The highest BCUT2D eigenvalue weighted by Crippen LogP contribution is 2.46. The summed E-state index contributed by atoms with van der Waals surface area (Å²) in [5.41, 5.74) is -0.474. The molecule has 0 aliphatic rings. The van der Waals surface area contributed by atoms with Crippen molar-refractivity contribution in [3.05, 3.63) is 0 Å². The van der Waals surface area contributed by atoms with Crippen molar-refractivity contribution in [2.45, 2.75) is 45.1 Å². The molecule has 0 rings (SSSR count). The molecule has 0 aromatic heterocycles. The molecule has 0 spiro atoms. The second-order valence-electron chi connectivity index (χ2n) is 6.84. The molecule has 0 aromatic carbocycles. The van der Waals surface area contributed by atoms with Gasteiger partial charge >= 0.3 is 7.60 Å². The van der Waals surface area contributed by atoms with E-state index in [-0.39, 0.29) is 32.1 Å². The van der Waals surface area contributed by atoms with Crippen molar-refractivity contribution in [2.75, 3.05) is 66.1 Å². The van der Waals surface area contributed by atoms with Gasteiger partial charge in [0.1, 0.15) is 6.10 Å². The fraction of sp³-hybridized carbons (Fsp3) is 1.00. The number of rotatable bonds is 20. The molecular formula is C17H38O10P2. The van der Waals surface area contributed by atoms with Crippen LogP contribution in [0.4, 0.5) is 0 Å². The van der Waals surface area contributed by atoms with Crippen LogP contribution in [0.5, 0.6) is 0 Å². The van der Waals surface area contributed by atoms with Crippen molar-refractivity contribution < 1.29 is 47.1 Å². The van der Waals surface area contributed by atoms with Gasteiger partial charge in [0, 0.05) is 5.66 Å². The Balaban J connectivity index is 3.32. The lowest BCUT2D eigenvalue weighted by atomic mass is 10.4. The van der Waals surface area contributed by atoms with Gasteiger partial charge in [0.2, 0.25) is 0 Å². The molecule has 0 radical (unpaired) electrons. The summed E-state index contributed by atoms with van der Waals surface area (Å²) in [5.74, 6) is 0. The molecule has 176 valence electrons. The van der Waals surface area contributed by atoms with Gasteiger partial charge in [-0.25, -0.2) is 0 Å². The Kier molecular flexibility index (Phi) is 17.9. The van der Waals surface area contributed by atoms with Gasteiger partial charge in [0.05, 0.1) is 71.7 Å². The molecule has 0 amide bonds. The SMILES string of the molecule is CC(C)[PH](=O)OCC(O)COCCOCCOCCOCCOP(=O)(O)C(C)C.